The Bertz CT molecular complexity index is 1150. The number of rotatable bonds is 11. The quantitative estimate of drug-likeness (QED) is 0.180. The van der Waals surface area contributed by atoms with Gasteiger partial charge in [0.1, 0.15) is 11.7 Å². The first-order chi connectivity index (χ1) is 19.6. The van der Waals surface area contributed by atoms with Crippen LogP contribution in [0.1, 0.15) is 100 Å². The lowest BCUT2D eigenvalue weighted by atomic mass is 9.59. The molecule has 2 fully saturated rings. The van der Waals surface area contributed by atoms with Gasteiger partial charge in [-0.15, -0.1) is 0 Å². The molecule has 0 aromatic rings. The third-order valence-electron chi connectivity index (χ3n) is 11.4. The summed E-state index contributed by atoms with van der Waals surface area (Å²) in [5.41, 5.74) is -4.77. The zero-order valence-electron chi connectivity index (χ0n) is 26.7. The Morgan fingerprint density at radius 2 is 1.76 bits per heavy atom. The SMILES string of the molecule is CCCCCCCC(=O)OC12CC(C)C34C=C(C)C(OC(=O)C(C)C(C)C)C3(O)C(O)C(CO)=CC(C4=O)C1C2(C)C. The van der Waals surface area contributed by atoms with E-state index in [1.807, 2.05) is 34.6 Å². The number of hydrogen-bond donors (Lipinski definition) is 3. The molecule has 4 rings (SSSR count). The highest BCUT2D eigenvalue weighted by Crippen LogP contribution is 2.75. The van der Waals surface area contributed by atoms with Crippen molar-refractivity contribution in [3.63, 3.8) is 0 Å². The van der Waals surface area contributed by atoms with Crippen LogP contribution in [0.2, 0.25) is 0 Å². The summed E-state index contributed by atoms with van der Waals surface area (Å²) in [6.45, 7) is 14.6. The Hall–Kier alpha value is -2.03. The first-order valence-electron chi connectivity index (χ1n) is 16.0. The van der Waals surface area contributed by atoms with Gasteiger partial charge in [-0.25, -0.2) is 0 Å². The van der Waals surface area contributed by atoms with Crippen molar-refractivity contribution in [1.29, 1.82) is 0 Å². The smallest absolute Gasteiger partial charge is 0.309 e. The van der Waals surface area contributed by atoms with Crippen LogP contribution in [-0.2, 0) is 23.9 Å². The predicted molar refractivity (Wildman–Crippen MR) is 158 cm³/mol. The summed E-state index contributed by atoms with van der Waals surface area (Å²) in [5, 5.41) is 34.8. The second-order valence-electron chi connectivity index (χ2n) is 14.5. The van der Waals surface area contributed by atoms with Gasteiger partial charge in [0, 0.05) is 23.7 Å². The number of unbranched alkanes of at least 4 members (excludes halogenated alkanes) is 4. The summed E-state index contributed by atoms with van der Waals surface area (Å²) < 4.78 is 12.3. The summed E-state index contributed by atoms with van der Waals surface area (Å²) in [6.07, 6.45) is 5.95. The van der Waals surface area contributed by atoms with Crippen molar-refractivity contribution >= 4 is 17.7 Å². The number of hydrogen-bond acceptors (Lipinski definition) is 8. The van der Waals surface area contributed by atoms with Crippen LogP contribution in [0.5, 0.6) is 0 Å². The maximum atomic E-state index is 14.8. The van der Waals surface area contributed by atoms with E-state index in [-0.39, 0.29) is 23.2 Å². The highest BCUT2D eigenvalue weighted by atomic mass is 16.6. The highest BCUT2D eigenvalue weighted by molar-refractivity contribution is 5.96. The van der Waals surface area contributed by atoms with E-state index in [1.165, 1.54) is 0 Å². The average Bonchev–Trinajstić information content (AvgIpc) is 3.32. The Labute approximate surface area is 250 Å². The molecule has 0 heterocycles. The van der Waals surface area contributed by atoms with Gasteiger partial charge in [0.15, 0.2) is 17.5 Å². The van der Waals surface area contributed by atoms with Crippen LogP contribution >= 0.6 is 0 Å². The van der Waals surface area contributed by atoms with Crippen molar-refractivity contribution in [3.8, 4) is 0 Å². The Kier molecular flexibility index (Phi) is 8.98. The van der Waals surface area contributed by atoms with E-state index in [1.54, 1.807) is 26.0 Å². The van der Waals surface area contributed by atoms with E-state index in [0.29, 0.717) is 18.4 Å². The van der Waals surface area contributed by atoms with Crippen LogP contribution in [0.4, 0.5) is 0 Å². The van der Waals surface area contributed by atoms with Crippen LogP contribution in [0.25, 0.3) is 0 Å². The molecule has 9 atom stereocenters. The molecule has 1 spiro atoms. The third-order valence-corrected chi connectivity index (χ3v) is 11.4. The summed E-state index contributed by atoms with van der Waals surface area (Å²) >= 11 is 0. The Morgan fingerprint density at radius 3 is 2.36 bits per heavy atom. The fraction of sp³-hybridized carbons (Fsp3) is 0.794. The van der Waals surface area contributed by atoms with E-state index >= 15 is 0 Å². The molecular formula is C34H52O8. The fourth-order valence-electron chi connectivity index (χ4n) is 8.52. The Balaban J connectivity index is 1.76. The number of allylic oxidation sites excluding steroid dienone is 1. The number of Topliss-reactive ketones (excluding diaryl/α,β-unsaturated/α-hetero) is 1. The maximum Gasteiger partial charge on any atom is 0.309 e. The van der Waals surface area contributed by atoms with Crippen LogP contribution in [0.3, 0.4) is 0 Å². The standard InChI is InChI=1S/C34H52O8/c1-9-10-11-12-13-14-25(36)42-33-17-21(5)32-16-20(4)29(41-30(39)22(6)19(2)3)34(32,40)27(37)23(18-35)15-24(28(32)38)26(33)31(33,7)8/h15-16,19,21-22,24,26-27,29,35,37,40H,9-14,17-18H2,1-8H3. The zero-order chi connectivity index (χ0) is 31.4. The fourth-order valence-corrected chi connectivity index (χ4v) is 8.52. The molecule has 4 aliphatic carbocycles. The second kappa shape index (κ2) is 11.5. The molecule has 9 unspecified atom stereocenters. The van der Waals surface area contributed by atoms with E-state index in [4.69, 9.17) is 9.47 Å². The summed E-state index contributed by atoms with van der Waals surface area (Å²) in [4.78, 5) is 41.2. The molecule has 0 aromatic carbocycles. The topological polar surface area (TPSA) is 130 Å². The number of carbonyl (C=O) groups excluding carboxylic acids is 3. The Morgan fingerprint density at radius 1 is 1.12 bits per heavy atom. The lowest BCUT2D eigenvalue weighted by Crippen LogP contribution is -2.66. The van der Waals surface area contributed by atoms with Crippen molar-refractivity contribution in [1.82, 2.24) is 0 Å². The van der Waals surface area contributed by atoms with E-state index in [2.05, 4.69) is 6.92 Å². The zero-order valence-corrected chi connectivity index (χ0v) is 26.7. The monoisotopic (exact) mass is 588 g/mol. The van der Waals surface area contributed by atoms with Crippen LogP contribution < -0.4 is 0 Å². The number of ketones is 1. The van der Waals surface area contributed by atoms with Gasteiger partial charge in [0.2, 0.25) is 0 Å². The minimum atomic E-state index is -2.24. The molecule has 0 amide bonds. The van der Waals surface area contributed by atoms with Crippen molar-refractivity contribution in [2.45, 2.75) is 124 Å². The van der Waals surface area contributed by atoms with E-state index in [9.17, 15) is 29.7 Å². The normalized spacial score (nSPS) is 38.9. The molecule has 0 saturated heterocycles. The van der Waals surface area contributed by atoms with Crippen molar-refractivity contribution in [3.05, 3.63) is 23.3 Å². The molecule has 0 radical (unpaired) electrons. The summed E-state index contributed by atoms with van der Waals surface area (Å²) in [7, 11) is 0. The number of fused-ring (bicyclic) bond motifs is 3. The minimum absolute atomic E-state index is 0.0166. The van der Waals surface area contributed by atoms with Gasteiger partial charge in [-0.3, -0.25) is 14.4 Å². The van der Waals surface area contributed by atoms with Crippen LogP contribution in [0.15, 0.2) is 23.3 Å². The molecule has 3 N–H and O–H groups in total. The number of carbonyl (C=O) groups is 3. The first-order valence-corrected chi connectivity index (χ1v) is 16.0. The van der Waals surface area contributed by atoms with Crippen molar-refractivity contribution in [2.75, 3.05) is 6.61 Å². The van der Waals surface area contributed by atoms with Crippen LogP contribution in [-0.4, -0.2) is 63.1 Å². The number of aliphatic hydroxyl groups excluding tert-OH is 2. The van der Waals surface area contributed by atoms with Gasteiger partial charge in [-0.2, -0.15) is 0 Å². The molecule has 0 aliphatic heterocycles. The number of aliphatic hydroxyl groups is 3. The average molecular weight is 589 g/mol. The minimum Gasteiger partial charge on any atom is -0.458 e. The van der Waals surface area contributed by atoms with Gasteiger partial charge >= 0.3 is 11.9 Å². The second-order valence-corrected chi connectivity index (χ2v) is 14.5. The van der Waals surface area contributed by atoms with Gasteiger partial charge in [0.05, 0.1) is 17.9 Å². The third kappa shape index (κ3) is 4.62. The van der Waals surface area contributed by atoms with E-state index < -0.39 is 70.5 Å². The van der Waals surface area contributed by atoms with Gasteiger partial charge < -0.3 is 24.8 Å². The first kappa shape index (κ1) is 32.9. The lowest BCUT2D eigenvalue weighted by molar-refractivity contribution is -0.206. The van der Waals surface area contributed by atoms with Crippen molar-refractivity contribution in [2.24, 2.45) is 40.4 Å². The molecule has 2 saturated carbocycles. The molecular weight excluding hydrogens is 536 g/mol. The molecule has 236 valence electrons. The van der Waals surface area contributed by atoms with Crippen molar-refractivity contribution < 1.29 is 39.2 Å². The van der Waals surface area contributed by atoms with Gasteiger partial charge in [-0.1, -0.05) is 86.3 Å². The number of esters is 2. The molecule has 8 nitrogen and oxygen atoms in total. The van der Waals surface area contributed by atoms with Gasteiger partial charge in [-0.05, 0) is 42.7 Å². The molecule has 42 heavy (non-hydrogen) atoms. The summed E-state index contributed by atoms with van der Waals surface area (Å²) in [6, 6.07) is 0. The van der Waals surface area contributed by atoms with E-state index in [0.717, 1.165) is 32.1 Å². The highest BCUT2D eigenvalue weighted by Gasteiger charge is 2.83. The van der Waals surface area contributed by atoms with Gasteiger partial charge in [0.25, 0.3) is 0 Å². The van der Waals surface area contributed by atoms with Crippen LogP contribution in [0, 0.1) is 40.4 Å². The largest absolute Gasteiger partial charge is 0.458 e. The molecule has 2 bridgehead atoms. The lowest BCUT2D eigenvalue weighted by Gasteiger charge is -2.49. The predicted octanol–water partition coefficient (Wildman–Crippen LogP) is 4.68. The number of ether oxygens (including phenoxy) is 2. The molecule has 8 heteroatoms. The molecule has 4 aliphatic rings. The summed E-state index contributed by atoms with van der Waals surface area (Å²) in [5.74, 6) is -3.40. The molecule has 0 aromatic heterocycles. The maximum absolute atomic E-state index is 14.8.